The SMILES string of the molecule is COc1ccc(CCNCCOc2cccc(C)c2)cc1OC. The highest BCUT2D eigenvalue weighted by Crippen LogP contribution is 2.27. The first-order valence-electron chi connectivity index (χ1n) is 7.84. The van der Waals surface area contributed by atoms with Crippen molar-refractivity contribution >= 4 is 0 Å². The molecule has 0 aliphatic heterocycles. The molecule has 0 saturated carbocycles. The summed E-state index contributed by atoms with van der Waals surface area (Å²) in [4.78, 5) is 0. The second-order valence-corrected chi connectivity index (χ2v) is 5.35. The lowest BCUT2D eigenvalue weighted by atomic mass is 10.1. The molecule has 0 atom stereocenters. The first-order valence-corrected chi connectivity index (χ1v) is 7.84. The minimum atomic E-state index is 0.662. The van der Waals surface area contributed by atoms with E-state index in [1.165, 1.54) is 11.1 Å². The maximum Gasteiger partial charge on any atom is 0.160 e. The normalized spacial score (nSPS) is 10.4. The highest BCUT2D eigenvalue weighted by molar-refractivity contribution is 5.42. The summed E-state index contributed by atoms with van der Waals surface area (Å²) in [6, 6.07) is 14.1. The number of ether oxygens (including phenoxy) is 3. The molecular weight excluding hydrogens is 290 g/mol. The Balaban J connectivity index is 1.67. The van der Waals surface area contributed by atoms with Gasteiger partial charge in [0.2, 0.25) is 0 Å². The van der Waals surface area contributed by atoms with Crippen LogP contribution in [0.15, 0.2) is 42.5 Å². The van der Waals surface area contributed by atoms with Crippen LogP contribution in [0.3, 0.4) is 0 Å². The number of aryl methyl sites for hydroxylation is 1. The fourth-order valence-corrected chi connectivity index (χ4v) is 2.34. The second kappa shape index (κ2) is 9.06. The van der Waals surface area contributed by atoms with Gasteiger partial charge in [0.15, 0.2) is 11.5 Å². The topological polar surface area (TPSA) is 39.7 Å². The minimum absolute atomic E-state index is 0.662. The zero-order chi connectivity index (χ0) is 16.5. The number of hydrogen-bond acceptors (Lipinski definition) is 4. The van der Waals surface area contributed by atoms with Crippen LogP contribution in [-0.4, -0.2) is 33.9 Å². The average Bonchev–Trinajstić information content (AvgIpc) is 2.57. The van der Waals surface area contributed by atoms with E-state index >= 15 is 0 Å². The molecule has 23 heavy (non-hydrogen) atoms. The Morgan fingerprint density at radius 3 is 2.48 bits per heavy atom. The maximum absolute atomic E-state index is 5.71. The van der Waals surface area contributed by atoms with E-state index in [4.69, 9.17) is 14.2 Å². The summed E-state index contributed by atoms with van der Waals surface area (Å²) < 4.78 is 16.3. The molecule has 0 amide bonds. The van der Waals surface area contributed by atoms with Crippen molar-refractivity contribution in [3.05, 3.63) is 53.6 Å². The molecule has 0 aliphatic rings. The monoisotopic (exact) mass is 315 g/mol. The average molecular weight is 315 g/mol. The summed E-state index contributed by atoms with van der Waals surface area (Å²) in [5.74, 6) is 2.45. The van der Waals surface area contributed by atoms with E-state index in [0.717, 1.165) is 36.8 Å². The number of benzene rings is 2. The van der Waals surface area contributed by atoms with Crippen molar-refractivity contribution in [3.63, 3.8) is 0 Å². The fraction of sp³-hybridized carbons (Fsp3) is 0.368. The van der Waals surface area contributed by atoms with Crippen LogP contribution in [0.2, 0.25) is 0 Å². The Hall–Kier alpha value is -2.20. The first-order chi connectivity index (χ1) is 11.2. The van der Waals surface area contributed by atoms with Crippen LogP contribution >= 0.6 is 0 Å². The van der Waals surface area contributed by atoms with Gasteiger partial charge in [-0.3, -0.25) is 0 Å². The van der Waals surface area contributed by atoms with Crippen molar-refractivity contribution in [2.75, 3.05) is 33.9 Å². The van der Waals surface area contributed by atoms with Crippen molar-refractivity contribution < 1.29 is 14.2 Å². The summed E-state index contributed by atoms with van der Waals surface area (Å²) in [5, 5.41) is 3.39. The highest BCUT2D eigenvalue weighted by Gasteiger charge is 2.04. The minimum Gasteiger partial charge on any atom is -0.493 e. The molecular formula is C19H25NO3. The van der Waals surface area contributed by atoms with Crippen LogP contribution in [-0.2, 0) is 6.42 Å². The zero-order valence-corrected chi connectivity index (χ0v) is 14.1. The van der Waals surface area contributed by atoms with Crippen molar-refractivity contribution in [1.29, 1.82) is 0 Å². The molecule has 0 radical (unpaired) electrons. The maximum atomic E-state index is 5.71. The molecule has 0 spiro atoms. The summed E-state index contributed by atoms with van der Waals surface area (Å²) in [5.41, 5.74) is 2.43. The third-order valence-electron chi connectivity index (χ3n) is 3.58. The number of methoxy groups -OCH3 is 2. The molecule has 2 aromatic carbocycles. The Labute approximate surface area is 138 Å². The van der Waals surface area contributed by atoms with Gasteiger partial charge in [0.25, 0.3) is 0 Å². The van der Waals surface area contributed by atoms with Gasteiger partial charge < -0.3 is 19.5 Å². The van der Waals surface area contributed by atoms with Crippen LogP contribution in [0.25, 0.3) is 0 Å². The van der Waals surface area contributed by atoms with E-state index in [9.17, 15) is 0 Å². The van der Waals surface area contributed by atoms with Crippen LogP contribution in [0, 0.1) is 6.92 Å². The molecule has 0 aliphatic carbocycles. The van der Waals surface area contributed by atoms with Crippen molar-refractivity contribution in [2.24, 2.45) is 0 Å². The van der Waals surface area contributed by atoms with E-state index < -0.39 is 0 Å². The predicted octanol–water partition coefficient (Wildman–Crippen LogP) is 3.22. The molecule has 4 heteroatoms. The fourth-order valence-electron chi connectivity index (χ4n) is 2.34. The molecule has 0 heterocycles. The molecule has 0 aromatic heterocycles. The smallest absolute Gasteiger partial charge is 0.160 e. The van der Waals surface area contributed by atoms with Crippen molar-refractivity contribution in [1.82, 2.24) is 5.32 Å². The number of nitrogens with one attached hydrogen (secondary N) is 1. The van der Waals surface area contributed by atoms with Gasteiger partial charge in [0.05, 0.1) is 14.2 Å². The summed E-state index contributed by atoms with van der Waals surface area (Å²) >= 11 is 0. The van der Waals surface area contributed by atoms with Gasteiger partial charge in [-0.25, -0.2) is 0 Å². The van der Waals surface area contributed by atoms with Crippen LogP contribution in [0.1, 0.15) is 11.1 Å². The molecule has 0 fully saturated rings. The number of rotatable bonds is 9. The Bertz CT molecular complexity index is 613. The van der Waals surface area contributed by atoms with Crippen LogP contribution < -0.4 is 19.5 Å². The highest BCUT2D eigenvalue weighted by atomic mass is 16.5. The summed E-state index contributed by atoms with van der Waals surface area (Å²) in [7, 11) is 3.30. The third kappa shape index (κ3) is 5.49. The largest absolute Gasteiger partial charge is 0.493 e. The molecule has 2 rings (SSSR count). The summed E-state index contributed by atoms with van der Waals surface area (Å²) in [6.07, 6.45) is 0.935. The van der Waals surface area contributed by atoms with E-state index in [1.807, 2.05) is 30.3 Å². The van der Waals surface area contributed by atoms with Crippen LogP contribution in [0.4, 0.5) is 0 Å². The molecule has 2 aromatic rings. The van der Waals surface area contributed by atoms with Gasteiger partial charge in [-0.1, -0.05) is 18.2 Å². The lowest BCUT2D eigenvalue weighted by Gasteiger charge is -2.10. The van der Waals surface area contributed by atoms with Gasteiger partial charge in [-0.15, -0.1) is 0 Å². The van der Waals surface area contributed by atoms with Gasteiger partial charge in [0, 0.05) is 6.54 Å². The Morgan fingerprint density at radius 1 is 0.913 bits per heavy atom. The molecule has 1 N–H and O–H groups in total. The lowest BCUT2D eigenvalue weighted by Crippen LogP contribution is -2.23. The van der Waals surface area contributed by atoms with E-state index in [0.29, 0.717) is 6.61 Å². The summed E-state index contributed by atoms with van der Waals surface area (Å²) in [6.45, 7) is 4.44. The van der Waals surface area contributed by atoms with Gasteiger partial charge in [-0.2, -0.15) is 0 Å². The van der Waals surface area contributed by atoms with Crippen molar-refractivity contribution in [3.8, 4) is 17.2 Å². The quantitative estimate of drug-likeness (QED) is 0.721. The van der Waals surface area contributed by atoms with E-state index in [2.05, 4.69) is 24.4 Å². The first kappa shape index (κ1) is 17.2. The van der Waals surface area contributed by atoms with Gasteiger partial charge in [0.1, 0.15) is 12.4 Å². The standard InChI is InChI=1S/C19H25NO3/c1-15-5-4-6-17(13-15)23-12-11-20-10-9-16-7-8-18(21-2)19(14-16)22-3/h4-8,13-14,20H,9-12H2,1-3H3. The second-order valence-electron chi connectivity index (χ2n) is 5.35. The van der Waals surface area contributed by atoms with E-state index in [-0.39, 0.29) is 0 Å². The molecule has 4 nitrogen and oxygen atoms in total. The van der Waals surface area contributed by atoms with Gasteiger partial charge in [-0.05, 0) is 55.3 Å². The molecule has 0 saturated heterocycles. The van der Waals surface area contributed by atoms with Crippen LogP contribution in [0.5, 0.6) is 17.2 Å². The Kier molecular flexibility index (Phi) is 6.76. The van der Waals surface area contributed by atoms with Crippen molar-refractivity contribution in [2.45, 2.75) is 13.3 Å². The van der Waals surface area contributed by atoms with Gasteiger partial charge >= 0.3 is 0 Å². The molecule has 124 valence electrons. The predicted molar refractivity (Wildman–Crippen MR) is 92.8 cm³/mol. The molecule has 0 unspecified atom stereocenters. The zero-order valence-electron chi connectivity index (χ0n) is 14.1. The lowest BCUT2D eigenvalue weighted by molar-refractivity contribution is 0.314. The Morgan fingerprint density at radius 2 is 1.74 bits per heavy atom. The third-order valence-corrected chi connectivity index (χ3v) is 3.58. The number of hydrogen-bond donors (Lipinski definition) is 1. The molecule has 0 bridgehead atoms. The van der Waals surface area contributed by atoms with E-state index in [1.54, 1.807) is 14.2 Å².